The Morgan fingerprint density at radius 1 is 1.05 bits per heavy atom. The first-order valence-electron chi connectivity index (χ1n) is 6.85. The van der Waals surface area contributed by atoms with Crippen molar-refractivity contribution in [2.24, 2.45) is 0 Å². The number of unbranched alkanes of at least 4 members (excludes halogenated alkanes) is 4. The molecular formula is C15H24O5. The van der Waals surface area contributed by atoms with E-state index in [1.54, 1.807) is 0 Å². The first kappa shape index (κ1) is 18.4. The maximum absolute atomic E-state index is 11.3. The molecule has 0 unspecified atom stereocenters. The van der Waals surface area contributed by atoms with Crippen molar-refractivity contribution in [3.8, 4) is 0 Å². The average Bonchev–Trinajstić information content (AvgIpc) is 2.46. The Balaban J connectivity index is 4.63. The van der Waals surface area contributed by atoms with Crippen molar-refractivity contribution in [2.45, 2.75) is 51.2 Å². The Morgan fingerprint density at radius 2 is 1.55 bits per heavy atom. The molecule has 0 amide bonds. The van der Waals surface area contributed by atoms with Crippen molar-refractivity contribution in [1.29, 1.82) is 0 Å². The summed E-state index contributed by atoms with van der Waals surface area (Å²) in [6.45, 7) is 8.07. The molecule has 0 aliphatic heterocycles. The SMILES string of the molecule is C=CC(=O)OC(CO)(CCCCCCC)OC(=O)C=C. The molecule has 114 valence electrons. The van der Waals surface area contributed by atoms with Gasteiger partial charge in [0.1, 0.15) is 6.61 Å². The fraction of sp³-hybridized carbons (Fsp3) is 0.600. The molecule has 0 atom stereocenters. The predicted octanol–water partition coefficient (Wildman–Crippen LogP) is 2.49. The zero-order valence-corrected chi connectivity index (χ0v) is 12.1. The van der Waals surface area contributed by atoms with E-state index in [9.17, 15) is 14.7 Å². The first-order valence-corrected chi connectivity index (χ1v) is 6.85. The number of aliphatic hydroxyl groups excluding tert-OH is 1. The van der Waals surface area contributed by atoms with Gasteiger partial charge in [-0.05, 0) is 6.42 Å². The van der Waals surface area contributed by atoms with Crippen LogP contribution in [0.25, 0.3) is 0 Å². The van der Waals surface area contributed by atoms with Crippen molar-refractivity contribution in [3.63, 3.8) is 0 Å². The largest absolute Gasteiger partial charge is 0.417 e. The Bertz CT molecular complexity index is 313. The molecule has 1 N–H and O–H groups in total. The van der Waals surface area contributed by atoms with E-state index >= 15 is 0 Å². The number of hydrogen-bond acceptors (Lipinski definition) is 5. The van der Waals surface area contributed by atoms with Crippen LogP contribution in [0.3, 0.4) is 0 Å². The molecule has 0 saturated heterocycles. The molecule has 0 aliphatic rings. The van der Waals surface area contributed by atoms with E-state index in [2.05, 4.69) is 20.1 Å². The molecular weight excluding hydrogens is 260 g/mol. The molecule has 0 rings (SSSR count). The van der Waals surface area contributed by atoms with E-state index in [4.69, 9.17) is 9.47 Å². The van der Waals surface area contributed by atoms with E-state index in [1.807, 2.05) is 0 Å². The van der Waals surface area contributed by atoms with Gasteiger partial charge in [-0.15, -0.1) is 0 Å². The van der Waals surface area contributed by atoms with Crippen molar-refractivity contribution in [3.05, 3.63) is 25.3 Å². The van der Waals surface area contributed by atoms with Crippen LogP contribution in [-0.4, -0.2) is 29.4 Å². The van der Waals surface area contributed by atoms with Crippen LogP contribution in [0, 0.1) is 0 Å². The molecule has 5 heteroatoms. The normalized spacial score (nSPS) is 10.7. The van der Waals surface area contributed by atoms with Gasteiger partial charge in [0.25, 0.3) is 5.79 Å². The summed E-state index contributed by atoms with van der Waals surface area (Å²) in [4.78, 5) is 22.6. The third-order valence-corrected chi connectivity index (χ3v) is 2.81. The van der Waals surface area contributed by atoms with Gasteiger partial charge in [0.15, 0.2) is 0 Å². The second-order valence-electron chi connectivity index (χ2n) is 4.48. The van der Waals surface area contributed by atoms with Crippen LogP contribution in [-0.2, 0) is 19.1 Å². The number of carbonyl (C=O) groups excluding carboxylic acids is 2. The summed E-state index contributed by atoms with van der Waals surface area (Å²) in [5, 5.41) is 9.45. The highest BCUT2D eigenvalue weighted by Crippen LogP contribution is 2.23. The molecule has 0 radical (unpaired) electrons. The van der Waals surface area contributed by atoms with Crippen LogP contribution < -0.4 is 0 Å². The Hall–Kier alpha value is -1.62. The molecule has 0 bridgehead atoms. The zero-order chi connectivity index (χ0) is 15.4. The summed E-state index contributed by atoms with van der Waals surface area (Å²) in [5.41, 5.74) is 0. The second kappa shape index (κ2) is 10.2. The number of ether oxygens (including phenoxy) is 2. The molecule has 0 heterocycles. The van der Waals surface area contributed by atoms with Crippen LogP contribution in [0.4, 0.5) is 0 Å². The van der Waals surface area contributed by atoms with Gasteiger partial charge in [0, 0.05) is 18.6 Å². The van der Waals surface area contributed by atoms with Crippen LogP contribution in [0.5, 0.6) is 0 Å². The summed E-state index contributed by atoms with van der Waals surface area (Å²) in [7, 11) is 0. The van der Waals surface area contributed by atoms with Crippen LogP contribution in [0.2, 0.25) is 0 Å². The maximum atomic E-state index is 11.3. The number of rotatable bonds is 11. The molecule has 20 heavy (non-hydrogen) atoms. The summed E-state index contributed by atoms with van der Waals surface area (Å²) in [6, 6.07) is 0. The van der Waals surface area contributed by atoms with E-state index in [1.165, 1.54) is 0 Å². The van der Waals surface area contributed by atoms with E-state index in [-0.39, 0.29) is 6.42 Å². The number of aliphatic hydroxyl groups is 1. The molecule has 5 nitrogen and oxygen atoms in total. The lowest BCUT2D eigenvalue weighted by Gasteiger charge is -2.30. The average molecular weight is 284 g/mol. The summed E-state index contributed by atoms with van der Waals surface area (Å²) >= 11 is 0. The minimum atomic E-state index is -1.65. The lowest BCUT2D eigenvalue weighted by atomic mass is 10.1. The quantitative estimate of drug-likeness (QED) is 0.273. The van der Waals surface area contributed by atoms with Gasteiger partial charge in [0.2, 0.25) is 0 Å². The van der Waals surface area contributed by atoms with Crippen molar-refractivity contribution >= 4 is 11.9 Å². The van der Waals surface area contributed by atoms with Crippen LogP contribution in [0.1, 0.15) is 45.4 Å². The highest BCUT2D eigenvalue weighted by molar-refractivity contribution is 5.83. The highest BCUT2D eigenvalue weighted by Gasteiger charge is 2.36. The molecule has 0 saturated carbocycles. The number of esters is 2. The first-order chi connectivity index (χ1) is 9.53. The maximum Gasteiger partial charge on any atom is 0.333 e. The Labute approximate surface area is 120 Å². The van der Waals surface area contributed by atoms with Crippen molar-refractivity contribution in [2.75, 3.05) is 6.61 Å². The Morgan fingerprint density at radius 3 is 1.95 bits per heavy atom. The van der Waals surface area contributed by atoms with Gasteiger partial charge in [0.05, 0.1) is 0 Å². The van der Waals surface area contributed by atoms with Gasteiger partial charge < -0.3 is 14.6 Å². The summed E-state index contributed by atoms with van der Waals surface area (Å²) in [6.07, 6.45) is 7.02. The molecule has 0 aliphatic carbocycles. The van der Waals surface area contributed by atoms with Crippen LogP contribution >= 0.6 is 0 Å². The van der Waals surface area contributed by atoms with E-state index < -0.39 is 24.3 Å². The topological polar surface area (TPSA) is 72.8 Å². The molecule has 0 aromatic heterocycles. The standard InChI is InChI=1S/C15H24O5/c1-4-7-8-9-10-11-15(12-16,19-13(17)5-2)20-14(18)6-3/h5-6,16H,2-4,7-12H2,1H3. The van der Waals surface area contributed by atoms with Crippen LogP contribution in [0.15, 0.2) is 25.3 Å². The van der Waals surface area contributed by atoms with Crippen molar-refractivity contribution < 1.29 is 24.2 Å². The highest BCUT2D eigenvalue weighted by atomic mass is 16.7. The monoisotopic (exact) mass is 284 g/mol. The predicted molar refractivity (Wildman–Crippen MR) is 75.8 cm³/mol. The minimum absolute atomic E-state index is 0.242. The van der Waals surface area contributed by atoms with Gasteiger partial charge in [-0.25, -0.2) is 9.59 Å². The molecule has 0 aromatic carbocycles. The number of carbonyl (C=O) groups is 2. The lowest BCUT2D eigenvalue weighted by molar-refractivity contribution is -0.237. The van der Waals surface area contributed by atoms with E-state index in [0.717, 1.165) is 37.8 Å². The summed E-state index contributed by atoms with van der Waals surface area (Å²) < 4.78 is 10.0. The Kier molecular flexibility index (Phi) is 9.38. The second-order valence-corrected chi connectivity index (χ2v) is 4.48. The zero-order valence-electron chi connectivity index (χ0n) is 12.1. The summed E-state index contributed by atoms with van der Waals surface area (Å²) in [5.74, 6) is -3.14. The van der Waals surface area contributed by atoms with Crippen molar-refractivity contribution in [1.82, 2.24) is 0 Å². The fourth-order valence-electron chi connectivity index (χ4n) is 1.71. The molecule has 0 aromatic rings. The smallest absolute Gasteiger partial charge is 0.333 e. The molecule has 0 spiro atoms. The third kappa shape index (κ3) is 7.09. The molecule has 0 fully saturated rings. The van der Waals surface area contributed by atoms with Gasteiger partial charge in [-0.2, -0.15) is 0 Å². The lowest BCUT2D eigenvalue weighted by Crippen LogP contribution is -2.43. The number of hydrogen-bond donors (Lipinski definition) is 1. The van der Waals surface area contributed by atoms with Gasteiger partial charge in [-0.1, -0.05) is 45.8 Å². The minimum Gasteiger partial charge on any atom is -0.417 e. The van der Waals surface area contributed by atoms with Gasteiger partial charge >= 0.3 is 11.9 Å². The van der Waals surface area contributed by atoms with E-state index in [0.29, 0.717) is 6.42 Å². The third-order valence-electron chi connectivity index (χ3n) is 2.81. The fourth-order valence-corrected chi connectivity index (χ4v) is 1.71. The van der Waals surface area contributed by atoms with Gasteiger partial charge in [-0.3, -0.25) is 0 Å².